The normalized spacial score (nSPS) is 25.5. The van der Waals surface area contributed by atoms with E-state index < -0.39 is 5.97 Å². The van der Waals surface area contributed by atoms with Crippen molar-refractivity contribution in [2.45, 2.75) is 19.3 Å². The van der Waals surface area contributed by atoms with Crippen molar-refractivity contribution in [2.75, 3.05) is 6.54 Å². The van der Waals surface area contributed by atoms with Gasteiger partial charge in [-0.05, 0) is 12.8 Å². The number of nitrogens with one attached hydrogen (secondary N) is 1. The van der Waals surface area contributed by atoms with Crippen LogP contribution in [-0.4, -0.2) is 23.5 Å². The van der Waals surface area contributed by atoms with Crippen molar-refractivity contribution >= 4 is 11.9 Å². The molecule has 0 bridgehead atoms. The first-order valence-electron chi connectivity index (χ1n) is 3.69. The average Bonchev–Trinajstić information content (AvgIpc) is 2.13. The lowest BCUT2D eigenvalue weighted by atomic mass is 10.0. The number of carbonyl (C=O) groups excluding carboxylic acids is 1. The number of carbonyl (C=O) groups is 2. The molecule has 1 amide bonds. The van der Waals surface area contributed by atoms with E-state index in [0.29, 0.717) is 25.8 Å². The van der Waals surface area contributed by atoms with Crippen molar-refractivity contribution in [3.63, 3.8) is 0 Å². The van der Waals surface area contributed by atoms with Gasteiger partial charge in [-0.1, -0.05) is 0 Å². The van der Waals surface area contributed by atoms with Crippen LogP contribution in [0.15, 0.2) is 0 Å². The van der Waals surface area contributed by atoms with Crippen LogP contribution in [0.5, 0.6) is 0 Å². The Balaban J connectivity index is 2.46. The highest BCUT2D eigenvalue weighted by molar-refractivity contribution is 5.78. The zero-order valence-electron chi connectivity index (χ0n) is 6.17. The van der Waals surface area contributed by atoms with Gasteiger partial charge in [0.1, 0.15) is 0 Å². The second-order valence-corrected chi connectivity index (χ2v) is 2.71. The van der Waals surface area contributed by atoms with Crippen LogP contribution in [0.2, 0.25) is 0 Å². The van der Waals surface area contributed by atoms with E-state index in [1.165, 1.54) is 0 Å². The summed E-state index contributed by atoms with van der Waals surface area (Å²) in [7, 11) is 0. The van der Waals surface area contributed by atoms with E-state index in [-0.39, 0.29) is 11.8 Å². The zero-order chi connectivity index (χ0) is 8.27. The molecule has 4 heteroatoms. The van der Waals surface area contributed by atoms with Crippen LogP contribution in [0, 0.1) is 5.92 Å². The van der Waals surface area contributed by atoms with Crippen molar-refractivity contribution < 1.29 is 14.7 Å². The SMILES string of the molecule is O=C1CC[C@@H](C(=O)O)CCN1. The summed E-state index contributed by atoms with van der Waals surface area (Å²) in [6, 6.07) is 0. The number of hydrogen-bond acceptors (Lipinski definition) is 2. The van der Waals surface area contributed by atoms with E-state index in [4.69, 9.17) is 5.11 Å². The van der Waals surface area contributed by atoms with Crippen LogP contribution < -0.4 is 5.32 Å². The van der Waals surface area contributed by atoms with Crippen LogP contribution >= 0.6 is 0 Å². The summed E-state index contributed by atoms with van der Waals surface area (Å²) in [6.07, 6.45) is 1.37. The third-order valence-corrected chi connectivity index (χ3v) is 1.88. The monoisotopic (exact) mass is 157 g/mol. The molecular weight excluding hydrogens is 146 g/mol. The number of rotatable bonds is 1. The van der Waals surface area contributed by atoms with Gasteiger partial charge in [0.2, 0.25) is 5.91 Å². The van der Waals surface area contributed by atoms with Crippen LogP contribution in [-0.2, 0) is 9.59 Å². The molecule has 0 unspecified atom stereocenters. The summed E-state index contributed by atoms with van der Waals surface area (Å²) < 4.78 is 0. The summed E-state index contributed by atoms with van der Waals surface area (Å²) in [5, 5.41) is 11.2. The smallest absolute Gasteiger partial charge is 0.306 e. The van der Waals surface area contributed by atoms with E-state index in [1.54, 1.807) is 0 Å². The van der Waals surface area contributed by atoms with E-state index in [0.717, 1.165) is 0 Å². The molecular formula is C7H11NO3. The van der Waals surface area contributed by atoms with Gasteiger partial charge in [0.05, 0.1) is 5.92 Å². The second kappa shape index (κ2) is 3.37. The van der Waals surface area contributed by atoms with Gasteiger partial charge in [0, 0.05) is 13.0 Å². The van der Waals surface area contributed by atoms with Gasteiger partial charge in [-0.3, -0.25) is 9.59 Å². The summed E-state index contributed by atoms with van der Waals surface area (Å²) >= 11 is 0. The highest BCUT2D eigenvalue weighted by atomic mass is 16.4. The van der Waals surface area contributed by atoms with Crippen LogP contribution in [0.25, 0.3) is 0 Å². The minimum absolute atomic E-state index is 0.0336. The maximum atomic E-state index is 10.7. The zero-order valence-corrected chi connectivity index (χ0v) is 6.17. The number of carboxylic acids is 1. The average molecular weight is 157 g/mol. The highest BCUT2D eigenvalue weighted by Crippen LogP contribution is 2.13. The second-order valence-electron chi connectivity index (χ2n) is 2.71. The van der Waals surface area contributed by atoms with Crippen LogP contribution in [0.1, 0.15) is 19.3 Å². The topological polar surface area (TPSA) is 66.4 Å². The molecule has 62 valence electrons. The molecule has 1 atom stereocenters. The lowest BCUT2D eigenvalue weighted by molar-refractivity contribution is -0.142. The molecule has 0 saturated carbocycles. The predicted octanol–water partition coefficient (Wildman–Crippen LogP) is -0.0127. The molecule has 4 nitrogen and oxygen atoms in total. The molecule has 1 fully saturated rings. The molecule has 0 aromatic carbocycles. The van der Waals surface area contributed by atoms with Gasteiger partial charge in [-0.25, -0.2) is 0 Å². The van der Waals surface area contributed by atoms with Crippen molar-refractivity contribution in [3.8, 4) is 0 Å². The lowest BCUT2D eigenvalue weighted by Crippen LogP contribution is -2.21. The van der Waals surface area contributed by atoms with E-state index in [9.17, 15) is 9.59 Å². The molecule has 1 rings (SSSR count). The summed E-state index contributed by atoms with van der Waals surface area (Å²) in [5.74, 6) is -1.16. The Morgan fingerprint density at radius 3 is 2.91 bits per heavy atom. The van der Waals surface area contributed by atoms with Gasteiger partial charge in [0.25, 0.3) is 0 Å². The Morgan fingerprint density at radius 2 is 2.27 bits per heavy atom. The Labute approximate surface area is 64.6 Å². The quantitative estimate of drug-likeness (QED) is 0.562. The number of aliphatic carboxylic acids is 1. The van der Waals surface area contributed by atoms with Gasteiger partial charge in [-0.2, -0.15) is 0 Å². The molecule has 0 aliphatic carbocycles. The fourth-order valence-corrected chi connectivity index (χ4v) is 1.17. The molecule has 0 radical (unpaired) electrons. The molecule has 11 heavy (non-hydrogen) atoms. The number of hydrogen-bond donors (Lipinski definition) is 2. The summed E-state index contributed by atoms with van der Waals surface area (Å²) in [5.41, 5.74) is 0. The van der Waals surface area contributed by atoms with E-state index in [2.05, 4.69) is 5.32 Å². The fraction of sp³-hybridized carbons (Fsp3) is 0.714. The first-order valence-corrected chi connectivity index (χ1v) is 3.69. The maximum Gasteiger partial charge on any atom is 0.306 e. The van der Waals surface area contributed by atoms with Gasteiger partial charge >= 0.3 is 5.97 Å². The van der Waals surface area contributed by atoms with Crippen LogP contribution in [0.4, 0.5) is 0 Å². The first-order chi connectivity index (χ1) is 5.20. The molecule has 1 aliphatic rings. The van der Waals surface area contributed by atoms with Crippen molar-refractivity contribution in [1.82, 2.24) is 5.32 Å². The van der Waals surface area contributed by atoms with E-state index in [1.807, 2.05) is 0 Å². The fourth-order valence-electron chi connectivity index (χ4n) is 1.17. The highest BCUT2D eigenvalue weighted by Gasteiger charge is 2.21. The molecule has 1 saturated heterocycles. The third-order valence-electron chi connectivity index (χ3n) is 1.88. The van der Waals surface area contributed by atoms with Crippen LogP contribution in [0.3, 0.4) is 0 Å². The Morgan fingerprint density at radius 1 is 1.55 bits per heavy atom. The first kappa shape index (κ1) is 8.04. The predicted molar refractivity (Wildman–Crippen MR) is 38.0 cm³/mol. The molecule has 0 spiro atoms. The Hall–Kier alpha value is -1.06. The van der Waals surface area contributed by atoms with Gasteiger partial charge in [-0.15, -0.1) is 0 Å². The minimum atomic E-state index is -0.790. The van der Waals surface area contributed by atoms with Crippen molar-refractivity contribution in [2.24, 2.45) is 5.92 Å². The lowest BCUT2D eigenvalue weighted by Gasteiger charge is -2.04. The van der Waals surface area contributed by atoms with Gasteiger partial charge < -0.3 is 10.4 Å². The number of amides is 1. The molecule has 0 aromatic rings. The molecule has 1 heterocycles. The number of carboxylic acid groups (broad SMARTS) is 1. The molecule has 0 aromatic heterocycles. The summed E-state index contributed by atoms with van der Waals surface area (Å²) in [4.78, 5) is 21.2. The Bertz CT molecular complexity index is 179. The standard InChI is InChI=1S/C7H11NO3/c9-6-2-1-5(7(10)11)3-4-8-6/h5H,1-4H2,(H,8,9)(H,10,11)/t5-/m1/s1. The largest absolute Gasteiger partial charge is 0.481 e. The molecule has 2 N–H and O–H groups in total. The Kier molecular flexibility index (Phi) is 2.46. The van der Waals surface area contributed by atoms with Crippen molar-refractivity contribution in [1.29, 1.82) is 0 Å². The minimum Gasteiger partial charge on any atom is -0.481 e. The van der Waals surface area contributed by atoms with E-state index >= 15 is 0 Å². The maximum absolute atomic E-state index is 10.7. The van der Waals surface area contributed by atoms with Gasteiger partial charge in [0.15, 0.2) is 0 Å². The summed E-state index contributed by atoms with van der Waals surface area (Å²) in [6.45, 7) is 0.496. The molecule has 1 aliphatic heterocycles. The van der Waals surface area contributed by atoms with Crippen molar-refractivity contribution in [3.05, 3.63) is 0 Å². The third kappa shape index (κ3) is 2.22.